The fourth-order valence-electron chi connectivity index (χ4n) is 3.00. The van der Waals surface area contributed by atoms with Crippen LogP contribution in [-0.2, 0) is 16.1 Å². The molecule has 23 heavy (non-hydrogen) atoms. The van der Waals surface area contributed by atoms with Gasteiger partial charge in [-0.05, 0) is 26.0 Å². The van der Waals surface area contributed by atoms with Crippen LogP contribution in [0.2, 0.25) is 5.02 Å². The number of aryl methyl sites for hydroxylation is 1. The van der Waals surface area contributed by atoms with Gasteiger partial charge in [0, 0.05) is 37.1 Å². The van der Waals surface area contributed by atoms with Gasteiger partial charge >= 0.3 is 5.76 Å². The number of hydrogen-bond acceptors (Lipinski definition) is 4. The van der Waals surface area contributed by atoms with Crippen molar-refractivity contribution in [2.45, 2.75) is 39.0 Å². The predicted octanol–water partition coefficient (Wildman–Crippen LogP) is 2.27. The highest BCUT2D eigenvalue weighted by atomic mass is 35.5. The third kappa shape index (κ3) is 3.43. The van der Waals surface area contributed by atoms with Gasteiger partial charge in [0.05, 0.1) is 17.7 Å². The van der Waals surface area contributed by atoms with Crippen molar-refractivity contribution in [3.8, 4) is 0 Å². The molecule has 3 rings (SSSR count). The lowest BCUT2D eigenvalue weighted by molar-refractivity contribution is -0.143. The summed E-state index contributed by atoms with van der Waals surface area (Å²) in [4.78, 5) is 26.1. The minimum absolute atomic E-state index is 0.0159. The molecule has 6 nitrogen and oxygen atoms in total. The van der Waals surface area contributed by atoms with E-state index in [2.05, 4.69) is 0 Å². The third-order valence-electron chi connectivity index (χ3n) is 3.95. The van der Waals surface area contributed by atoms with Crippen molar-refractivity contribution < 1.29 is 13.9 Å². The van der Waals surface area contributed by atoms with Crippen molar-refractivity contribution >= 4 is 28.6 Å². The van der Waals surface area contributed by atoms with Crippen LogP contribution in [0.1, 0.15) is 20.3 Å². The monoisotopic (exact) mass is 338 g/mol. The highest BCUT2D eigenvalue weighted by molar-refractivity contribution is 6.31. The van der Waals surface area contributed by atoms with E-state index < -0.39 is 5.76 Å². The maximum absolute atomic E-state index is 12.4. The average Bonchev–Trinajstić information content (AvgIpc) is 2.78. The Balaban J connectivity index is 1.72. The molecule has 2 aromatic rings. The first-order valence-corrected chi connectivity index (χ1v) is 8.04. The van der Waals surface area contributed by atoms with Crippen LogP contribution in [0.5, 0.6) is 0 Å². The van der Waals surface area contributed by atoms with Gasteiger partial charge in [0.2, 0.25) is 5.91 Å². The molecule has 0 saturated carbocycles. The molecule has 1 aliphatic rings. The SMILES string of the molecule is C[C@@H]1CN(C(=O)CCn2c(=O)oc3cc(Cl)ccc32)C[C@H](C)O1. The first-order chi connectivity index (χ1) is 10.9. The number of ether oxygens (including phenoxy) is 1. The second kappa shape index (κ2) is 6.37. The molecule has 1 aromatic heterocycles. The van der Waals surface area contributed by atoms with Crippen LogP contribution in [0, 0.1) is 0 Å². The topological polar surface area (TPSA) is 64.7 Å². The van der Waals surface area contributed by atoms with E-state index in [1.54, 1.807) is 23.1 Å². The van der Waals surface area contributed by atoms with Gasteiger partial charge in [-0.2, -0.15) is 0 Å². The number of oxazole rings is 1. The summed E-state index contributed by atoms with van der Waals surface area (Å²) in [5, 5.41) is 0.505. The fraction of sp³-hybridized carbons (Fsp3) is 0.500. The van der Waals surface area contributed by atoms with E-state index in [1.807, 2.05) is 13.8 Å². The zero-order valence-corrected chi connectivity index (χ0v) is 13.9. The van der Waals surface area contributed by atoms with Gasteiger partial charge < -0.3 is 14.1 Å². The van der Waals surface area contributed by atoms with Gasteiger partial charge in [0.15, 0.2) is 5.58 Å². The number of rotatable bonds is 3. The van der Waals surface area contributed by atoms with Crippen LogP contribution in [0.4, 0.5) is 0 Å². The van der Waals surface area contributed by atoms with Gasteiger partial charge in [-0.25, -0.2) is 4.79 Å². The number of benzene rings is 1. The molecule has 1 saturated heterocycles. The van der Waals surface area contributed by atoms with E-state index in [0.29, 0.717) is 29.2 Å². The molecular weight excluding hydrogens is 320 g/mol. The molecule has 0 aliphatic carbocycles. The minimum atomic E-state index is -0.473. The van der Waals surface area contributed by atoms with Crippen LogP contribution in [0.3, 0.4) is 0 Å². The van der Waals surface area contributed by atoms with Gasteiger partial charge in [-0.3, -0.25) is 9.36 Å². The number of aromatic nitrogens is 1. The first kappa shape index (κ1) is 16.1. The number of fused-ring (bicyclic) bond motifs is 1. The zero-order valence-electron chi connectivity index (χ0n) is 13.1. The highest BCUT2D eigenvalue weighted by Gasteiger charge is 2.25. The number of nitrogens with zero attached hydrogens (tertiary/aromatic N) is 2. The third-order valence-corrected chi connectivity index (χ3v) is 4.19. The molecule has 1 aliphatic heterocycles. The molecule has 0 radical (unpaired) electrons. The minimum Gasteiger partial charge on any atom is -0.408 e. The zero-order chi connectivity index (χ0) is 16.6. The lowest BCUT2D eigenvalue weighted by Crippen LogP contribution is -2.48. The van der Waals surface area contributed by atoms with Gasteiger partial charge in [0.25, 0.3) is 0 Å². The largest absolute Gasteiger partial charge is 0.419 e. The van der Waals surface area contributed by atoms with E-state index in [0.717, 1.165) is 0 Å². The highest BCUT2D eigenvalue weighted by Crippen LogP contribution is 2.19. The van der Waals surface area contributed by atoms with Crippen molar-refractivity contribution in [3.63, 3.8) is 0 Å². The van der Waals surface area contributed by atoms with Crippen molar-refractivity contribution in [1.82, 2.24) is 9.47 Å². The van der Waals surface area contributed by atoms with Gasteiger partial charge in [-0.15, -0.1) is 0 Å². The summed E-state index contributed by atoms with van der Waals surface area (Å²) < 4.78 is 12.3. The maximum Gasteiger partial charge on any atom is 0.419 e. The molecule has 0 spiro atoms. The predicted molar refractivity (Wildman–Crippen MR) is 86.7 cm³/mol. The number of halogens is 1. The summed E-state index contributed by atoms with van der Waals surface area (Å²) >= 11 is 5.89. The van der Waals surface area contributed by atoms with E-state index in [1.165, 1.54) is 4.57 Å². The Bertz CT molecular complexity index is 772. The molecule has 1 amide bonds. The summed E-state index contributed by atoms with van der Waals surface area (Å²) in [5.41, 5.74) is 1.08. The van der Waals surface area contributed by atoms with Crippen LogP contribution in [-0.4, -0.2) is 40.7 Å². The average molecular weight is 339 g/mol. The van der Waals surface area contributed by atoms with Gasteiger partial charge in [-0.1, -0.05) is 11.6 Å². The normalized spacial score (nSPS) is 21.8. The Kier molecular flexibility index (Phi) is 4.46. The van der Waals surface area contributed by atoms with Crippen LogP contribution >= 0.6 is 11.6 Å². The van der Waals surface area contributed by atoms with E-state index in [-0.39, 0.29) is 31.1 Å². The van der Waals surface area contributed by atoms with Crippen molar-refractivity contribution in [2.75, 3.05) is 13.1 Å². The lowest BCUT2D eigenvalue weighted by atomic mass is 10.2. The number of amides is 1. The van der Waals surface area contributed by atoms with Crippen molar-refractivity contribution in [2.24, 2.45) is 0 Å². The Morgan fingerprint density at radius 2 is 2.00 bits per heavy atom. The maximum atomic E-state index is 12.4. The summed E-state index contributed by atoms with van der Waals surface area (Å²) in [5.74, 6) is -0.457. The number of hydrogen-bond donors (Lipinski definition) is 0. The smallest absolute Gasteiger partial charge is 0.408 e. The lowest BCUT2D eigenvalue weighted by Gasteiger charge is -2.35. The molecular formula is C16H19ClN2O4. The Hall–Kier alpha value is -1.79. The molecule has 2 heterocycles. The number of carbonyl (C=O) groups excluding carboxylic acids is 1. The first-order valence-electron chi connectivity index (χ1n) is 7.66. The molecule has 124 valence electrons. The Labute approximate surface area is 138 Å². The fourth-order valence-corrected chi connectivity index (χ4v) is 3.16. The summed E-state index contributed by atoms with van der Waals surface area (Å²) in [7, 11) is 0. The molecule has 0 bridgehead atoms. The van der Waals surface area contributed by atoms with E-state index in [4.69, 9.17) is 20.8 Å². The second-order valence-corrected chi connectivity index (χ2v) is 6.37. The van der Waals surface area contributed by atoms with Crippen molar-refractivity contribution in [3.05, 3.63) is 33.8 Å². The summed E-state index contributed by atoms with van der Waals surface area (Å²) in [6.07, 6.45) is 0.306. The van der Waals surface area contributed by atoms with Crippen LogP contribution in [0.25, 0.3) is 11.1 Å². The summed E-state index contributed by atoms with van der Waals surface area (Å²) in [6.45, 7) is 5.35. The Morgan fingerprint density at radius 3 is 2.70 bits per heavy atom. The molecule has 1 fully saturated rings. The number of carbonyl (C=O) groups is 1. The van der Waals surface area contributed by atoms with Crippen LogP contribution < -0.4 is 5.76 Å². The molecule has 0 unspecified atom stereocenters. The molecule has 1 aromatic carbocycles. The summed E-state index contributed by atoms with van der Waals surface area (Å²) in [6, 6.07) is 5.02. The van der Waals surface area contributed by atoms with Crippen LogP contribution in [0.15, 0.2) is 27.4 Å². The van der Waals surface area contributed by atoms with Gasteiger partial charge in [0.1, 0.15) is 0 Å². The standard InChI is InChI=1S/C16H19ClN2O4/c1-10-8-18(9-11(2)22-10)15(20)5-6-19-13-4-3-12(17)7-14(13)23-16(19)21/h3-4,7,10-11H,5-6,8-9H2,1-2H3/t10-,11+. The molecule has 2 atom stereocenters. The van der Waals surface area contributed by atoms with Crippen molar-refractivity contribution in [1.29, 1.82) is 0 Å². The quantitative estimate of drug-likeness (QED) is 0.861. The molecule has 0 N–H and O–H groups in total. The van der Waals surface area contributed by atoms with E-state index >= 15 is 0 Å². The number of morpholine rings is 1. The molecule has 7 heteroatoms. The Morgan fingerprint density at radius 1 is 1.30 bits per heavy atom. The second-order valence-electron chi connectivity index (χ2n) is 5.94. The van der Waals surface area contributed by atoms with E-state index in [9.17, 15) is 9.59 Å².